The van der Waals surface area contributed by atoms with Crippen LogP contribution in [0.1, 0.15) is 45.6 Å². The second-order valence-electron chi connectivity index (χ2n) is 5.57. The molecule has 0 aromatic heterocycles. The van der Waals surface area contributed by atoms with Crippen LogP contribution in [0.25, 0.3) is 0 Å². The van der Waals surface area contributed by atoms with Gasteiger partial charge in [0.1, 0.15) is 5.75 Å². The maximum absolute atomic E-state index is 12.7. The molecule has 0 N–H and O–H groups in total. The Hall–Kier alpha value is -1.22. The summed E-state index contributed by atoms with van der Waals surface area (Å²) in [6.07, 6.45) is 2.67. The van der Waals surface area contributed by atoms with Gasteiger partial charge in [-0.2, -0.15) is 0 Å². The molecule has 0 fully saturated rings. The van der Waals surface area contributed by atoms with Crippen molar-refractivity contribution in [3.63, 3.8) is 0 Å². The highest BCUT2D eigenvalue weighted by Crippen LogP contribution is 2.41. The van der Waals surface area contributed by atoms with E-state index in [1.807, 2.05) is 37.8 Å². The zero-order valence-electron chi connectivity index (χ0n) is 12.6. The van der Waals surface area contributed by atoms with Crippen LogP contribution in [0, 0.1) is 6.92 Å². The van der Waals surface area contributed by atoms with E-state index in [1.54, 1.807) is 0 Å². The number of ether oxygens (including phenoxy) is 1. The molecule has 0 radical (unpaired) electrons. The van der Waals surface area contributed by atoms with Crippen LogP contribution < -0.4 is 9.64 Å². The van der Waals surface area contributed by atoms with Crippen LogP contribution in [0.15, 0.2) is 12.1 Å². The summed E-state index contributed by atoms with van der Waals surface area (Å²) < 4.78 is 5.95. The molecule has 0 saturated carbocycles. The fraction of sp³-hybridized carbons (Fsp3) is 0.562. The average Bonchev–Trinajstić information content (AvgIpc) is 2.42. The van der Waals surface area contributed by atoms with Gasteiger partial charge in [-0.1, -0.05) is 31.9 Å². The number of benzene rings is 1. The van der Waals surface area contributed by atoms with Crippen molar-refractivity contribution < 1.29 is 9.53 Å². The summed E-state index contributed by atoms with van der Waals surface area (Å²) in [6, 6.07) is 3.77. The minimum Gasteiger partial charge on any atom is -0.475 e. The molecular weight excluding hydrogens is 274 g/mol. The first kappa shape index (κ1) is 15.2. The van der Waals surface area contributed by atoms with E-state index in [2.05, 4.69) is 6.92 Å². The van der Waals surface area contributed by atoms with Crippen molar-refractivity contribution in [2.24, 2.45) is 0 Å². The van der Waals surface area contributed by atoms with Gasteiger partial charge in [0.05, 0.1) is 5.69 Å². The molecule has 0 bridgehead atoms. The van der Waals surface area contributed by atoms with Crippen LogP contribution in [0.5, 0.6) is 5.75 Å². The summed E-state index contributed by atoms with van der Waals surface area (Å²) in [5.74, 6) is 0.753. The molecule has 0 aliphatic carbocycles. The maximum Gasteiger partial charge on any atom is 0.270 e. The number of carbonyl (C=O) groups is 1. The second kappa shape index (κ2) is 5.65. The third kappa shape index (κ3) is 2.51. The standard InChI is InChI=1S/C16H22ClNO2/c1-5-7-8-18-13-9-11(3)12(17)10-14(13)20-16(4,6-2)15(18)19/h9-10H,5-8H2,1-4H3. The lowest BCUT2D eigenvalue weighted by Crippen LogP contribution is -2.54. The lowest BCUT2D eigenvalue weighted by Gasteiger charge is -2.40. The SMILES string of the molecule is CCCCN1C(=O)C(C)(CC)Oc2cc(Cl)c(C)cc21. The van der Waals surface area contributed by atoms with E-state index in [0.29, 0.717) is 17.2 Å². The predicted molar refractivity (Wildman–Crippen MR) is 82.8 cm³/mol. The minimum absolute atomic E-state index is 0.0441. The average molecular weight is 296 g/mol. The molecule has 0 spiro atoms. The summed E-state index contributed by atoms with van der Waals surface area (Å²) in [4.78, 5) is 14.6. The van der Waals surface area contributed by atoms with E-state index in [1.165, 1.54) is 0 Å². The summed E-state index contributed by atoms with van der Waals surface area (Å²) in [7, 11) is 0. The van der Waals surface area contributed by atoms with Gasteiger partial charge < -0.3 is 9.64 Å². The first-order valence-electron chi connectivity index (χ1n) is 7.24. The normalized spacial score (nSPS) is 21.6. The van der Waals surface area contributed by atoms with Gasteiger partial charge in [-0.15, -0.1) is 0 Å². The first-order chi connectivity index (χ1) is 9.42. The van der Waals surface area contributed by atoms with Gasteiger partial charge >= 0.3 is 0 Å². The highest BCUT2D eigenvalue weighted by molar-refractivity contribution is 6.31. The van der Waals surface area contributed by atoms with Gasteiger partial charge in [-0.05, 0) is 38.3 Å². The van der Waals surface area contributed by atoms with Crippen molar-refractivity contribution in [1.82, 2.24) is 0 Å². The number of rotatable bonds is 4. The van der Waals surface area contributed by atoms with Gasteiger partial charge in [-0.3, -0.25) is 4.79 Å². The number of fused-ring (bicyclic) bond motifs is 1. The Kier molecular flexibility index (Phi) is 4.28. The number of halogens is 1. The molecule has 1 heterocycles. The molecular formula is C16H22ClNO2. The van der Waals surface area contributed by atoms with E-state index in [-0.39, 0.29) is 5.91 Å². The molecule has 4 heteroatoms. The number of aryl methyl sites for hydroxylation is 1. The smallest absolute Gasteiger partial charge is 0.270 e. The van der Waals surface area contributed by atoms with Crippen LogP contribution >= 0.6 is 11.6 Å². The lowest BCUT2D eigenvalue weighted by molar-refractivity contribution is -0.134. The largest absolute Gasteiger partial charge is 0.475 e. The van der Waals surface area contributed by atoms with Gasteiger partial charge in [-0.25, -0.2) is 0 Å². The number of unbranched alkanes of at least 4 members (excludes halogenated alkanes) is 1. The zero-order valence-corrected chi connectivity index (χ0v) is 13.4. The quantitative estimate of drug-likeness (QED) is 0.827. The first-order valence-corrected chi connectivity index (χ1v) is 7.62. The van der Waals surface area contributed by atoms with E-state index in [4.69, 9.17) is 16.3 Å². The van der Waals surface area contributed by atoms with Crippen molar-refractivity contribution in [2.75, 3.05) is 11.4 Å². The number of hydrogen-bond donors (Lipinski definition) is 0. The monoisotopic (exact) mass is 295 g/mol. The highest BCUT2D eigenvalue weighted by atomic mass is 35.5. The van der Waals surface area contributed by atoms with Gasteiger partial charge in [0.15, 0.2) is 5.60 Å². The summed E-state index contributed by atoms with van der Waals surface area (Å²) in [5, 5.41) is 0.673. The Balaban J connectivity index is 2.50. The van der Waals surface area contributed by atoms with Crippen molar-refractivity contribution in [3.8, 4) is 5.75 Å². The number of carbonyl (C=O) groups excluding carboxylic acids is 1. The third-order valence-electron chi connectivity index (χ3n) is 3.97. The Labute approximate surface area is 125 Å². The van der Waals surface area contributed by atoms with Gasteiger partial charge in [0.25, 0.3) is 5.91 Å². The zero-order chi connectivity index (χ0) is 14.9. The van der Waals surface area contributed by atoms with Crippen molar-refractivity contribution in [1.29, 1.82) is 0 Å². The minimum atomic E-state index is -0.792. The number of amides is 1. The Morgan fingerprint density at radius 2 is 2.05 bits per heavy atom. The number of nitrogens with zero attached hydrogens (tertiary/aromatic N) is 1. The van der Waals surface area contributed by atoms with Gasteiger partial charge in [0, 0.05) is 17.6 Å². The molecule has 1 unspecified atom stereocenters. The van der Waals surface area contributed by atoms with Crippen molar-refractivity contribution in [2.45, 2.75) is 52.6 Å². The molecule has 0 saturated heterocycles. The molecule has 20 heavy (non-hydrogen) atoms. The van der Waals surface area contributed by atoms with Crippen molar-refractivity contribution >= 4 is 23.2 Å². The van der Waals surface area contributed by atoms with Crippen LogP contribution in [0.3, 0.4) is 0 Å². The molecule has 110 valence electrons. The molecule has 1 aromatic carbocycles. The molecule has 3 nitrogen and oxygen atoms in total. The Morgan fingerprint density at radius 1 is 1.35 bits per heavy atom. The molecule has 1 aliphatic heterocycles. The fourth-order valence-corrected chi connectivity index (χ4v) is 2.54. The summed E-state index contributed by atoms with van der Waals surface area (Å²) in [5.41, 5.74) is 1.01. The summed E-state index contributed by atoms with van der Waals surface area (Å²) in [6.45, 7) is 8.61. The summed E-state index contributed by atoms with van der Waals surface area (Å²) >= 11 is 6.19. The van der Waals surface area contributed by atoms with E-state index < -0.39 is 5.60 Å². The molecule has 2 rings (SSSR count). The topological polar surface area (TPSA) is 29.5 Å². The Morgan fingerprint density at radius 3 is 2.65 bits per heavy atom. The Bertz CT molecular complexity index is 529. The second-order valence-corrected chi connectivity index (χ2v) is 5.97. The predicted octanol–water partition coefficient (Wildman–Crippen LogP) is 4.34. The van der Waals surface area contributed by atoms with E-state index >= 15 is 0 Å². The van der Waals surface area contributed by atoms with Crippen LogP contribution in [-0.2, 0) is 4.79 Å². The molecule has 1 aromatic rings. The highest BCUT2D eigenvalue weighted by Gasteiger charge is 2.43. The van der Waals surface area contributed by atoms with Crippen LogP contribution in [0.2, 0.25) is 5.02 Å². The molecule has 1 atom stereocenters. The number of anilines is 1. The molecule has 1 amide bonds. The fourth-order valence-electron chi connectivity index (χ4n) is 2.38. The number of hydrogen-bond acceptors (Lipinski definition) is 2. The van der Waals surface area contributed by atoms with Crippen LogP contribution in [-0.4, -0.2) is 18.1 Å². The molecule has 1 aliphatic rings. The van der Waals surface area contributed by atoms with E-state index in [9.17, 15) is 4.79 Å². The third-order valence-corrected chi connectivity index (χ3v) is 4.38. The van der Waals surface area contributed by atoms with E-state index in [0.717, 1.165) is 30.6 Å². The lowest BCUT2D eigenvalue weighted by atomic mass is 9.97. The maximum atomic E-state index is 12.7. The van der Waals surface area contributed by atoms with Gasteiger partial charge in [0.2, 0.25) is 0 Å². The van der Waals surface area contributed by atoms with Crippen LogP contribution in [0.4, 0.5) is 5.69 Å². The van der Waals surface area contributed by atoms with Crippen molar-refractivity contribution in [3.05, 3.63) is 22.7 Å².